The van der Waals surface area contributed by atoms with Crippen LogP contribution in [-0.4, -0.2) is 56.1 Å². The van der Waals surface area contributed by atoms with E-state index < -0.39 is 22.0 Å². The van der Waals surface area contributed by atoms with E-state index in [1.165, 1.54) is 60.9 Å². The molecule has 2 aliphatic rings. The maximum absolute atomic E-state index is 13.3. The van der Waals surface area contributed by atoms with Gasteiger partial charge in [-0.2, -0.15) is 0 Å². The summed E-state index contributed by atoms with van der Waals surface area (Å²) in [5.74, 6) is 1.04. The van der Waals surface area contributed by atoms with Crippen molar-refractivity contribution in [3.05, 3.63) is 39.9 Å². The van der Waals surface area contributed by atoms with E-state index in [2.05, 4.69) is 10.6 Å². The number of non-ortho nitro benzene ring substituents is 1. The Morgan fingerprint density at radius 1 is 1.22 bits per heavy atom. The van der Waals surface area contributed by atoms with E-state index >= 15 is 0 Å². The highest BCUT2D eigenvalue weighted by molar-refractivity contribution is 8.00. The van der Waals surface area contributed by atoms with Crippen molar-refractivity contribution in [3.63, 3.8) is 0 Å². The smallest absolute Gasteiger partial charge is 0.411 e. The zero-order valence-electron chi connectivity index (χ0n) is 21.9. The lowest BCUT2D eigenvalue weighted by atomic mass is 9.85. The number of nitro groups is 1. The fourth-order valence-corrected chi connectivity index (χ4v) is 6.00. The normalized spacial score (nSPS) is 19.2. The van der Waals surface area contributed by atoms with E-state index in [1.54, 1.807) is 32.9 Å². The second kappa shape index (κ2) is 13.4. The number of hydrogen-bond acceptors (Lipinski definition) is 7. The van der Waals surface area contributed by atoms with Gasteiger partial charge in [0.15, 0.2) is 5.37 Å². The molecular weight excluding hydrogens is 512 g/mol. The van der Waals surface area contributed by atoms with Gasteiger partial charge in [0, 0.05) is 31.0 Å². The first-order chi connectivity index (χ1) is 17.5. The highest BCUT2D eigenvalue weighted by Gasteiger charge is 2.38. The SMILES string of the molecule is CC(C)(C)OC(=O)N1CCS[C@H]1C(=O)N[C@H](CCC1CCCCC1)C(=S)NCc1ccc([N+](=O)[O-])cc1. The van der Waals surface area contributed by atoms with Gasteiger partial charge in [-0.1, -0.05) is 56.5 Å². The molecule has 1 saturated carbocycles. The van der Waals surface area contributed by atoms with E-state index in [0.717, 1.165) is 12.0 Å². The molecular formula is C26H38N4O5S2. The summed E-state index contributed by atoms with van der Waals surface area (Å²) in [6.45, 7) is 6.26. The predicted molar refractivity (Wildman–Crippen MR) is 149 cm³/mol. The molecule has 0 bridgehead atoms. The molecule has 0 spiro atoms. The first-order valence-electron chi connectivity index (χ1n) is 13.0. The molecule has 2 atom stereocenters. The molecule has 9 nitrogen and oxygen atoms in total. The van der Waals surface area contributed by atoms with Gasteiger partial charge in [-0.3, -0.25) is 19.8 Å². The Balaban J connectivity index is 1.64. The van der Waals surface area contributed by atoms with Gasteiger partial charge in [-0.05, 0) is 45.1 Å². The number of ether oxygens (including phenoxy) is 1. The van der Waals surface area contributed by atoms with Gasteiger partial charge in [0.1, 0.15) is 5.60 Å². The molecule has 1 aromatic carbocycles. The number of nitrogens with zero attached hydrogens (tertiary/aromatic N) is 2. The van der Waals surface area contributed by atoms with Crippen molar-refractivity contribution in [1.82, 2.24) is 15.5 Å². The summed E-state index contributed by atoms with van der Waals surface area (Å²) in [7, 11) is 0. The number of amides is 2. The maximum Gasteiger partial charge on any atom is 0.411 e. The number of rotatable bonds is 9. The molecule has 204 valence electrons. The minimum atomic E-state index is -0.662. The predicted octanol–water partition coefficient (Wildman–Crippen LogP) is 5.17. The Labute approximate surface area is 228 Å². The van der Waals surface area contributed by atoms with Gasteiger partial charge in [0.2, 0.25) is 0 Å². The zero-order valence-corrected chi connectivity index (χ0v) is 23.5. The van der Waals surface area contributed by atoms with Crippen molar-refractivity contribution in [1.29, 1.82) is 0 Å². The van der Waals surface area contributed by atoms with Crippen molar-refractivity contribution in [2.75, 3.05) is 12.3 Å². The number of thiocarbonyl (C=S) groups is 1. The Bertz CT molecular complexity index is 961. The van der Waals surface area contributed by atoms with Crippen LogP contribution in [0.1, 0.15) is 71.3 Å². The summed E-state index contributed by atoms with van der Waals surface area (Å²) >= 11 is 7.13. The molecule has 2 N–H and O–H groups in total. The molecule has 1 aromatic rings. The van der Waals surface area contributed by atoms with E-state index in [9.17, 15) is 19.7 Å². The van der Waals surface area contributed by atoms with Crippen LogP contribution >= 0.6 is 24.0 Å². The molecule has 2 fully saturated rings. The monoisotopic (exact) mass is 550 g/mol. The van der Waals surface area contributed by atoms with Crippen LogP contribution in [0, 0.1) is 16.0 Å². The van der Waals surface area contributed by atoms with E-state index in [0.29, 0.717) is 36.2 Å². The van der Waals surface area contributed by atoms with Crippen LogP contribution in [0.4, 0.5) is 10.5 Å². The third kappa shape index (κ3) is 9.14. The average Bonchev–Trinajstić information content (AvgIpc) is 3.35. The topological polar surface area (TPSA) is 114 Å². The lowest BCUT2D eigenvalue weighted by Crippen LogP contribution is -2.52. The van der Waals surface area contributed by atoms with Gasteiger partial charge in [0.25, 0.3) is 11.6 Å². The van der Waals surface area contributed by atoms with Crippen LogP contribution in [0.2, 0.25) is 0 Å². The third-order valence-corrected chi connectivity index (χ3v) is 8.21. The maximum atomic E-state index is 13.3. The summed E-state index contributed by atoms with van der Waals surface area (Å²) in [5.41, 5.74) is 0.248. The van der Waals surface area contributed by atoms with Crippen molar-refractivity contribution >= 4 is 46.7 Å². The molecule has 1 aliphatic carbocycles. The van der Waals surface area contributed by atoms with Gasteiger partial charge in [-0.25, -0.2) is 4.79 Å². The summed E-state index contributed by atoms with van der Waals surface area (Å²) in [6, 6.07) is 5.94. The number of benzene rings is 1. The largest absolute Gasteiger partial charge is 0.444 e. The molecule has 37 heavy (non-hydrogen) atoms. The summed E-state index contributed by atoms with van der Waals surface area (Å²) in [5, 5.41) is 16.6. The third-order valence-electron chi connectivity index (χ3n) is 6.58. The molecule has 1 heterocycles. The number of thioether (sulfide) groups is 1. The quantitative estimate of drug-likeness (QED) is 0.246. The lowest BCUT2D eigenvalue weighted by Gasteiger charge is -2.29. The fraction of sp³-hybridized carbons (Fsp3) is 0.654. The molecule has 1 saturated heterocycles. The highest BCUT2D eigenvalue weighted by atomic mass is 32.2. The van der Waals surface area contributed by atoms with E-state index in [1.807, 2.05) is 0 Å². The molecule has 3 rings (SSSR count). The number of hydrogen-bond donors (Lipinski definition) is 2. The lowest BCUT2D eigenvalue weighted by molar-refractivity contribution is -0.384. The van der Waals surface area contributed by atoms with Crippen molar-refractivity contribution in [2.45, 2.75) is 89.3 Å². The Kier molecular flexibility index (Phi) is 10.6. The molecule has 0 radical (unpaired) electrons. The van der Waals surface area contributed by atoms with Crippen LogP contribution in [0.25, 0.3) is 0 Å². The zero-order chi connectivity index (χ0) is 27.0. The molecule has 1 aliphatic heterocycles. The first-order valence-corrected chi connectivity index (χ1v) is 14.4. The highest BCUT2D eigenvalue weighted by Crippen LogP contribution is 2.29. The Hall–Kier alpha value is -2.40. The van der Waals surface area contributed by atoms with Crippen molar-refractivity contribution in [3.8, 4) is 0 Å². The minimum Gasteiger partial charge on any atom is -0.444 e. The summed E-state index contributed by atoms with van der Waals surface area (Å²) < 4.78 is 5.51. The second-order valence-electron chi connectivity index (χ2n) is 10.7. The Morgan fingerprint density at radius 2 is 1.89 bits per heavy atom. The van der Waals surface area contributed by atoms with Crippen LogP contribution < -0.4 is 10.6 Å². The van der Waals surface area contributed by atoms with Crippen molar-refractivity contribution in [2.24, 2.45) is 5.92 Å². The second-order valence-corrected chi connectivity index (χ2v) is 12.3. The number of carbonyl (C=O) groups is 2. The minimum absolute atomic E-state index is 0.0348. The first kappa shape index (κ1) is 29.2. The summed E-state index contributed by atoms with van der Waals surface area (Å²) in [4.78, 5) is 38.5. The number of nitrogens with one attached hydrogen (secondary N) is 2. The average molecular weight is 551 g/mol. The van der Waals surface area contributed by atoms with Crippen LogP contribution in [0.3, 0.4) is 0 Å². The molecule has 0 unspecified atom stereocenters. The van der Waals surface area contributed by atoms with Crippen LogP contribution in [-0.2, 0) is 16.1 Å². The van der Waals surface area contributed by atoms with Gasteiger partial charge in [-0.15, -0.1) is 11.8 Å². The fourth-order valence-electron chi connectivity index (χ4n) is 4.63. The Morgan fingerprint density at radius 3 is 2.51 bits per heavy atom. The van der Waals surface area contributed by atoms with Gasteiger partial charge < -0.3 is 15.4 Å². The standard InChI is InChI=1S/C26H38N4O5S2/c1-26(2,3)35-25(32)29-15-16-37-24(29)22(31)28-21(14-11-18-7-5-4-6-8-18)23(36)27-17-19-9-12-20(13-10-19)30(33)34/h9-10,12-13,18,21,24H,4-8,11,14-17H2,1-3H3,(H,27,36)(H,28,31)/t21-,24+/m1/s1. The van der Waals surface area contributed by atoms with E-state index in [-0.39, 0.29) is 17.6 Å². The number of nitro benzene ring substituents is 1. The van der Waals surface area contributed by atoms with Gasteiger partial charge in [0.05, 0.1) is 16.0 Å². The van der Waals surface area contributed by atoms with Crippen LogP contribution in [0.5, 0.6) is 0 Å². The van der Waals surface area contributed by atoms with E-state index in [4.69, 9.17) is 17.0 Å². The number of carbonyl (C=O) groups excluding carboxylic acids is 2. The van der Waals surface area contributed by atoms with Crippen LogP contribution in [0.15, 0.2) is 24.3 Å². The van der Waals surface area contributed by atoms with Gasteiger partial charge >= 0.3 is 6.09 Å². The summed E-state index contributed by atoms with van der Waals surface area (Å²) in [6.07, 6.45) is 7.37. The molecule has 2 amide bonds. The van der Waals surface area contributed by atoms with Crippen molar-refractivity contribution < 1.29 is 19.2 Å². The molecule has 11 heteroatoms. The molecule has 0 aromatic heterocycles.